The van der Waals surface area contributed by atoms with Gasteiger partial charge in [-0.1, -0.05) is 58.0 Å². The molecule has 3 saturated carbocycles. The number of aromatic nitrogens is 2. The van der Waals surface area contributed by atoms with Gasteiger partial charge in [-0.15, -0.1) is 0 Å². The van der Waals surface area contributed by atoms with Crippen LogP contribution in [-0.2, 0) is 36.6 Å². The first-order chi connectivity index (χ1) is 21.5. The van der Waals surface area contributed by atoms with Gasteiger partial charge in [-0.3, -0.25) is 4.79 Å². The third-order valence-corrected chi connectivity index (χ3v) is 9.83. The highest BCUT2D eigenvalue weighted by atomic mass is 16.7. The van der Waals surface area contributed by atoms with Gasteiger partial charge in [0.1, 0.15) is 24.6 Å². The molecule has 1 aromatic carbocycles. The summed E-state index contributed by atoms with van der Waals surface area (Å²) in [5.74, 6) is 0.361. The van der Waals surface area contributed by atoms with Crippen LogP contribution in [-0.4, -0.2) is 64.1 Å². The molecule has 2 N–H and O–H groups in total. The molecule has 0 spiro atoms. The molecule has 3 aliphatic carbocycles. The number of nitrogens with zero attached hydrogens (tertiary/aromatic N) is 2. The maximum absolute atomic E-state index is 14.0. The molecule has 0 radical (unpaired) electrons. The zero-order valence-corrected chi connectivity index (χ0v) is 28.4. The van der Waals surface area contributed by atoms with Crippen molar-refractivity contribution in [3.05, 3.63) is 54.1 Å². The molecule has 4 aliphatic rings. The lowest BCUT2D eigenvalue weighted by Gasteiger charge is -2.64. The number of carbonyl (C=O) groups excluding carboxylic acids is 3. The van der Waals surface area contributed by atoms with Gasteiger partial charge in [-0.25, -0.2) is 19.1 Å². The lowest BCUT2D eigenvalue weighted by molar-refractivity contribution is -0.199. The molecule has 250 valence electrons. The Balaban J connectivity index is 1.31. The Kier molecular flexibility index (Phi) is 9.62. The van der Waals surface area contributed by atoms with Crippen molar-refractivity contribution in [3.8, 4) is 0 Å². The predicted molar refractivity (Wildman–Crippen MR) is 173 cm³/mol. The molecule has 2 amide bonds. The fraction of sp³-hybridized carbons (Fsp3) is 0.647. The minimum atomic E-state index is -1.05. The van der Waals surface area contributed by atoms with Crippen LogP contribution in [0.4, 0.5) is 9.59 Å². The van der Waals surface area contributed by atoms with Gasteiger partial charge in [0.2, 0.25) is 5.91 Å². The topological polar surface area (TPSA) is 130 Å². The smallest absolute Gasteiger partial charge is 0.445 e. The number of rotatable bonds is 10. The molecule has 2 heterocycles. The minimum Gasteiger partial charge on any atom is -0.445 e. The van der Waals surface area contributed by atoms with E-state index < -0.39 is 48.4 Å². The van der Waals surface area contributed by atoms with Gasteiger partial charge in [0.25, 0.3) is 0 Å². The zero-order chi connectivity index (χ0) is 33.4. The fourth-order valence-corrected chi connectivity index (χ4v) is 7.31. The van der Waals surface area contributed by atoms with Crippen molar-refractivity contribution in [3.63, 3.8) is 0 Å². The SMILES string of the molecule is CC(C)C[C@H](NC(=O)[C@H](Cc1cn(C(=O)OC(C)(C)C)cn1)NC(=O)OCc1ccccc1)B1O[C@@H]2C[C@@H]3C[C@@H](C3(C)C)[C@]2(C)O1. The summed E-state index contributed by atoms with van der Waals surface area (Å²) in [5, 5.41) is 5.86. The summed E-state index contributed by atoms with van der Waals surface area (Å²) in [6.45, 7) is 16.3. The monoisotopic (exact) mass is 636 g/mol. The van der Waals surface area contributed by atoms with Gasteiger partial charge >= 0.3 is 19.3 Å². The van der Waals surface area contributed by atoms with Crippen LogP contribution in [0.3, 0.4) is 0 Å². The molecule has 2 aromatic rings. The van der Waals surface area contributed by atoms with Crippen LogP contribution >= 0.6 is 0 Å². The molecule has 1 saturated heterocycles. The van der Waals surface area contributed by atoms with E-state index in [2.05, 4.69) is 50.2 Å². The maximum Gasteiger partial charge on any atom is 0.481 e. The first-order valence-electron chi connectivity index (χ1n) is 16.4. The maximum atomic E-state index is 14.0. The van der Waals surface area contributed by atoms with Crippen LogP contribution in [0.1, 0.15) is 85.9 Å². The summed E-state index contributed by atoms with van der Waals surface area (Å²) in [6, 6.07) is 8.24. The number of carbonyl (C=O) groups is 3. The molecule has 4 fully saturated rings. The van der Waals surface area contributed by atoms with Crippen LogP contribution in [0.15, 0.2) is 42.9 Å². The average Bonchev–Trinajstić information content (AvgIpc) is 3.58. The Morgan fingerprint density at radius 3 is 2.48 bits per heavy atom. The average molecular weight is 637 g/mol. The predicted octanol–water partition coefficient (Wildman–Crippen LogP) is 5.30. The van der Waals surface area contributed by atoms with Gasteiger partial charge in [-0.05, 0) is 75.7 Å². The molecule has 1 aromatic heterocycles. The van der Waals surface area contributed by atoms with Crippen molar-refractivity contribution < 1.29 is 33.2 Å². The minimum absolute atomic E-state index is 0.0150. The number of hydrogen-bond donors (Lipinski definition) is 2. The van der Waals surface area contributed by atoms with Crippen molar-refractivity contribution >= 4 is 25.2 Å². The first kappa shape index (κ1) is 34.0. The van der Waals surface area contributed by atoms with Gasteiger partial charge in [0, 0.05) is 12.6 Å². The first-order valence-corrected chi connectivity index (χ1v) is 16.4. The van der Waals surface area contributed by atoms with E-state index in [9.17, 15) is 14.4 Å². The fourth-order valence-electron chi connectivity index (χ4n) is 7.31. The van der Waals surface area contributed by atoms with E-state index in [1.807, 2.05) is 30.3 Å². The van der Waals surface area contributed by atoms with Gasteiger partial charge < -0.3 is 29.4 Å². The quantitative estimate of drug-likeness (QED) is 0.336. The van der Waals surface area contributed by atoms with Crippen LogP contribution in [0.2, 0.25) is 0 Å². The van der Waals surface area contributed by atoms with E-state index in [0.29, 0.717) is 24.0 Å². The molecule has 6 atom stereocenters. The van der Waals surface area contributed by atoms with Crippen molar-refractivity contribution in [2.75, 3.05) is 0 Å². The Morgan fingerprint density at radius 1 is 1.11 bits per heavy atom. The summed E-state index contributed by atoms with van der Waals surface area (Å²) in [6.07, 6.45) is 4.18. The molecule has 6 rings (SSSR count). The Labute approximate surface area is 272 Å². The summed E-state index contributed by atoms with van der Waals surface area (Å²) in [7, 11) is -0.617. The van der Waals surface area contributed by atoms with Crippen LogP contribution in [0.25, 0.3) is 0 Å². The van der Waals surface area contributed by atoms with Crippen molar-refractivity contribution in [2.24, 2.45) is 23.2 Å². The molecule has 12 heteroatoms. The van der Waals surface area contributed by atoms with Crippen molar-refractivity contribution in [1.82, 2.24) is 20.2 Å². The Hall–Kier alpha value is -3.38. The molecule has 46 heavy (non-hydrogen) atoms. The normalized spacial score (nSPS) is 26.0. The number of benzene rings is 1. The van der Waals surface area contributed by atoms with E-state index in [1.54, 1.807) is 20.8 Å². The van der Waals surface area contributed by atoms with E-state index in [-0.39, 0.29) is 30.5 Å². The number of nitrogens with one attached hydrogen (secondary N) is 2. The van der Waals surface area contributed by atoms with E-state index in [4.69, 9.17) is 18.8 Å². The third-order valence-electron chi connectivity index (χ3n) is 9.83. The number of amides is 2. The highest BCUT2D eigenvalue weighted by molar-refractivity contribution is 6.48. The summed E-state index contributed by atoms with van der Waals surface area (Å²) in [4.78, 5) is 43.9. The second-order valence-corrected chi connectivity index (χ2v) is 15.3. The lowest BCUT2D eigenvalue weighted by atomic mass is 9.43. The molecule has 2 bridgehead atoms. The van der Waals surface area contributed by atoms with E-state index in [1.165, 1.54) is 17.1 Å². The second-order valence-electron chi connectivity index (χ2n) is 15.3. The molecule has 0 unspecified atom stereocenters. The van der Waals surface area contributed by atoms with Gasteiger partial charge in [-0.2, -0.15) is 0 Å². The summed E-state index contributed by atoms with van der Waals surface area (Å²) >= 11 is 0. The molecular formula is C34H49BN4O7. The third kappa shape index (κ3) is 7.43. The second kappa shape index (κ2) is 13.0. The van der Waals surface area contributed by atoms with E-state index >= 15 is 0 Å². The highest BCUT2D eigenvalue weighted by Crippen LogP contribution is 2.65. The van der Waals surface area contributed by atoms with Crippen LogP contribution in [0.5, 0.6) is 0 Å². The standard InChI is InChI=1S/C34H49BN4O7/c1-21(2)14-28(35-45-27-16-23-15-26(33(23,6)7)34(27,8)46-35)38-29(40)25(37-30(41)43-19-22-12-10-9-11-13-22)17-24-18-39(20-36-24)31(42)44-32(3,4)5/h9-13,18,20-21,23,25-28H,14-17,19H2,1-8H3,(H,37,41)(H,38,40)/t23-,25-,26-,27+,28-,34-/m0/s1. The Morgan fingerprint density at radius 2 is 1.83 bits per heavy atom. The Bertz CT molecular complexity index is 1410. The van der Waals surface area contributed by atoms with E-state index in [0.717, 1.165) is 18.4 Å². The number of imidazole rings is 1. The largest absolute Gasteiger partial charge is 0.481 e. The van der Waals surface area contributed by atoms with Gasteiger partial charge in [0.05, 0.1) is 23.3 Å². The molecule has 11 nitrogen and oxygen atoms in total. The van der Waals surface area contributed by atoms with Crippen molar-refractivity contribution in [1.29, 1.82) is 0 Å². The molecular weight excluding hydrogens is 587 g/mol. The van der Waals surface area contributed by atoms with Crippen LogP contribution in [0, 0.1) is 23.2 Å². The number of alkyl carbamates (subject to hydrolysis) is 1. The van der Waals surface area contributed by atoms with Crippen molar-refractivity contribution in [2.45, 2.75) is 117 Å². The van der Waals surface area contributed by atoms with Crippen LogP contribution < -0.4 is 10.6 Å². The lowest BCUT2D eigenvalue weighted by Crippen LogP contribution is -2.65. The molecule has 1 aliphatic heterocycles. The highest BCUT2D eigenvalue weighted by Gasteiger charge is 2.68. The zero-order valence-electron chi connectivity index (χ0n) is 28.4. The number of hydrogen-bond acceptors (Lipinski definition) is 8. The summed E-state index contributed by atoms with van der Waals surface area (Å²) in [5.41, 5.74) is 0.324. The van der Waals surface area contributed by atoms with Gasteiger partial charge in [0.15, 0.2) is 0 Å². The number of ether oxygens (including phenoxy) is 2. The summed E-state index contributed by atoms with van der Waals surface area (Å²) < 4.78 is 25.4.